The lowest BCUT2D eigenvalue weighted by atomic mass is 10.1. The lowest BCUT2D eigenvalue weighted by molar-refractivity contribution is -0.134. The van der Waals surface area contributed by atoms with E-state index in [0.717, 1.165) is 37.7 Å². The molecular formula is C20H28N4O3. The molecule has 1 aliphatic carbocycles. The van der Waals surface area contributed by atoms with E-state index in [2.05, 4.69) is 15.6 Å². The van der Waals surface area contributed by atoms with Crippen LogP contribution in [-0.2, 0) is 20.9 Å². The minimum atomic E-state index is -0.0680. The van der Waals surface area contributed by atoms with Gasteiger partial charge in [0.2, 0.25) is 17.7 Å². The number of hydrogen-bond donors (Lipinski definition) is 2. The second kappa shape index (κ2) is 9.48. The van der Waals surface area contributed by atoms with E-state index in [1.807, 2.05) is 12.1 Å². The van der Waals surface area contributed by atoms with E-state index in [4.69, 9.17) is 0 Å². The van der Waals surface area contributed by atoms with Crippen LogP contribution >= 0.6 is 0 Å². The number of amides is 3. The summed E-state index contributed by atoms with van der Waals surface area (Å²) in [7, 11) is 0. The average Bonchev–Trinajstić information content (AvgIpc) is 3.32. The molecule has 0 spiro atoms. The van der Waals surface area contributed by atoms with Crippen LogP contribution in [0.3, 0.4) is 0 Å². The van der Waals surface area contributed by atoms with Gasteiger partial charge in [0.15, 0.2) is 0 Å². The maximum Gasteiger partial charge on any atom is 0.223 e. The van der Waals surface area contributed by atoms with Gasteiger partial charge in [-0.25, -0.2) is 0 Å². The first kappa shape index (κ1) is 19.3. The predicted molar refractivity (Wildman–Crippen MR) is 100 cm³/mol. The van der Waals surface area contributed by atoms with E-state index in [9.17, 15) is 14.4 Å². The Bertz CT molecular complexity index is 658. The molecule has 1 aromatic rings. The molecule has 2 N–H and O–H groups in total. The number of pyridine rings is 1. The molecule has 1 saturated carbocycles. The number of carbonyl (C=O) groups is 3. The molecule has 1 aliphatic heterocycles. The van der Waals surface area contributed by atoms with E-state index < -0.39 is 0 Å². The van der Waals surface area contributed by atoms with Crippen molar-refractivity contribution in [3.8, 4) is 0 Å². The molecule has 7 nitrogen and oxygen atoms in total. The second-order valence-electron chi connectivity index (χ2n) is 7.49. The quantitative estimate of drug-likeness (QED) is 0.724. The van der Waals surface area contributed by atoms with E-state index >= 15 is 0 Å². The number of aromatic nitrogens is 1. The van der Waals surface area contributed by atoms with Crippen LogP contribution in [0.4, 0.5) is 0 Å². The summed E-state index contributed by atoms with van der Waals surface area (Å²) in [6.45, 7) is 0.896. The Morgan fingerprint density at radius 2 is 2.04 bits per heavy atom. The van der Waals surface area contributed by atoms with E-state index in [-0.39, 0.29) is 42.6 Å². The van der Waals surface area contributed by atoms with E-state index in [0.29, 0.717) is 19.5 Å². The topological polar surface area (TPSA) is 91.4 Å². The van der Waals surface area contributed by atoms with Crippen molar-refractivity contribution in [2.24, 2.45) is 0 Å². The molecule has 146 valence electrons. The van der Waals surface area contributed by atoms with Crippen molar-refractivity contribution in [2.75, 3.05) is 6.54 Å². The molecule has 0 radical (unpaired) electrons. The molecule has 2 aliphatic rings. The third-order valence-corrected chi connectivity index (χ3v) is 5.26. The van der Waals surface area contributed by atoms with Crippen LogP contribution in [0.15, 0.2) is 24.5 Å². The van der Waals surface area contributed by atoms with Crippen molar-refractivity contribution in [1.29, 1.82) is 0 Å². The van der Waals surface area contributed by atoms with E-state index in [1.54, 1.807) is 17.3 Å². The molecule has 3 amide bonds. The Balaban J connectivity index is 1.54. The highest BCUT2D eigenvalue weighted by Gasteiger charge is 2.26. The van der Waals surface area contributed by atoms with Gasteiger partial charge in [-0.05, 0) is 30.9 Å². The fraction of sp³-hybridized carbons (Fsp3) is 0.600. The summed E-state index contributed by atoms with van der Waals surface area (Å²) in [4.78, 5) is 42.2. The maximum absolute atomic E-state index is 12.8. The number of carbonyl (C=O) groups excluding carboxylic acids is 3. The van der Waals surface area contributed by atoms with Crippen molar-refractivity contribution < 1.29 is 14.4 Å². The zero-order valence-electron chi connectivity index (χ0n) is 15.7. The van der Waals surface area contributed by atoms with Crippen molar-refractivity contribution >= 4 is 17.7 Å². The van der Waals surface area contributed by atoms with Crippen LogP contribution in [0.1, 0.15) is 56.9 Å². The van der Waals surface area contributed by atoms with Gasteiger partial charge in [0.05, 0.1) is 0 Å². The van der Waals surface area contributed by atoms with Gasteiger partial charge >= 0.3 is 0 Å². The summed E-state index contributed by atoms with van der Waals surface area (Å²) in [6, 6.07) is 4.01. The highest BCUT2D eigenvalue weighted by Crippen LogP contribution is 2.18. The van der Waals surface area contributed by atoms with Crippen molar-refractivity contribution in [2.45, 2.75) is 70.0 Å². The van der Waals surface area contributed by atoms with Crippen LogP contribution in [0.5, 0.6) is 0 Å². The predicted octanol–water partition coefficient (Wildman–Crippen LogP) is 1.53. The van der Waals surface area contributed by atoms with Crippen molar-refractivity contribution in [3.63, 3.8) is 0 Å². The van der Waals surface area contributed by atoms with Gasteiger partial charge in [-0.3, -0.25) is 19.4 Å². The summed E-state index contributed by atoms with van der Waals surface area (Å²) in [5.41, 5.74) is 0.936. The third kappa shape index (κ3) is 6.05. The zero-order valence-corrected chi connectivity index (χ0v) is 15.7. The minimum Gasteiger partial charge on any atom is -0.353 e. The molecule has 1 saturated heterocycles. The summed E-state index contributed by atoms with van der Waals surface area (Å²) >= 11 is 0. The third-order valence-electron chi connectivity index (χ3n) is 5.26. The van der Waals surface area contributed by atoms with Crippen LogP contribution in [0.2, 0.25) is 0 Å². The first-order valence-corrected chi connectivity index (χ1v) is 9.85. The Morgan fingerprint density at radius 1 is 1.22 bits per heavy atom. The molecule has 27 heavy (non-hydrogen) atoms. The molecule has 1 atom stereocenters. The maximum atomic E-state index is 12.8. The van der Waals surface area contributed by atoms with Crippen LogP contribution in [-0.4, -0.2) is 46.2 Å². The Kier molecular flexibility index (Phi) is 6.79. The smallest absolute Gasteiger partial charge is 0.223 e. The SMILES string of the molecule is O=C(CCC(=O)N(Cc1cccnc1)C[C@@H]1CCC(=O)N1)NC1CCCC1. The van der Waals surface area contributed by atoms with Gasteiger partial charge < -0.3 is 15.5 Å². The number of hydrogen-bond acceptors (Lipinski definition) is 4. The monoisotopic (exact) mass is 372 g/mol. The Morgan fingerprint density at radius 3 is 2.70 bits per heavy atom. The summed E-state index contributed by atoms with van der Waals surface area (Å²) in [6.07, 6.45) is 9.45. The molecule has 2 heterocycles. The van der Waals surface area contributed by atoms with Gasteiger partial charge in [-0.2, -0.15) is 0 Å². The summed E-state index contributed by atoms with van der Waals surface area (Å²) < 4.78 is 0. The average molecular weight is 372 g/mol. The number of nitrogens with zero attached hydrogens (tertiary/aromatic N) is 2. The lowest BCUT2D eigenvalue weighted by Gasteiger charge is -2.26. The lowest BCUT2D eigenvalue weighted by Crippen LogP contribution is -2.42. The highest BCUT2D eigenvalue weighted by molar-refractivity contribution is 5.84. The fourth-order valence-electron chi connectivity index (χ4n) is 3.80. The molecule has 7 heteroatoms. The Hall–Kier alpha value is -2.44. The van der Waals surface area contributed by atoms with Gasteiger partial charge in [-0.1, -0.05) is 18.9 Å². The van der Waals surface area contributed by atoms with Gasteiger partial charge in [0.25, 0.3) is 0 Å². The molecule has 3 rings (SSSR count). The largest absolute Gasteiger partial charge is 0.353 e. The number of rotatable bonds is 8. The first-order valence-electron chi connectivity index (χ1n) is 9.85. The molecule has 0 bridgehead atoms. The van der Waals surface area contributed by atoms with Gasteiger partial charge in [0, 0.05) is 56.8 Å². The van der Waals surface area contributed by atoms with Gasteiger partial charge in [-0.15, -0.1) is 0 Å². The molecular weight excluding hydrogens is 344 g/mol. The normalized spacial score (nSPS) is 19.7. The van der Waals surface area contributed by atoms with Crippen LogP contribution in [0.25, 0.3) is 0 Å². The van der Waals surface area contributed by atoms with Gasteiger partial charge in [0.1, 0.15) is 0 Å². The van der Waals surface area contributed by atoms with Crippen LogP contribution < -0.4 is 10.6 Å². The van der Waals surface area contributed by atoms with Crippen molar-refractivity contribution in [1.82, 2.24) is 20.5 Å². The molecule has 0 unspecified atom stereocenters. The summed E-state index contributed by atoms with van der Waals surface area (Å²) in [5, 5.41) is 5.94. The van der Waals surface area contributed by atoms with Crippen molar-refractivity contribution in [3.05, 3.63) is 30.1 Å². The summed E-state index contributed by atoms with van der Waals surface area (Å²) in [5.74, 6) is -0.0861. The standard InChI is InChI=1S/C20H28N4O3/c25-18-8-7-17(23-18)14-24(13-15-4-3-11-21-12-15)20(27)10-9-19(26)22-16-5-1-2-6-16/h3-4,11-12,16-17H,1-2,5-10,13-14H2,(H,22,26)(H,23,25)/t17-/m0/s1. The number of nitrogens with one attached hydrogen (secondary N) is 2. The highest BCUT2D eigenvalue weighted by atomic mass is 16.2. The fourth-order valence-corrected chi connectivity index (χ4v) is 3.80. The molecule has 2 fully saturated rings. The zero-order chi connectivity index (χ0) is 19.1. The Labute approximate surface area is 159 Å². The second-order valence-corrected chi connectivity index (χ2v) is 7.49. The first-order chi connectivity index (χ1) is 13.1. The molecule has 1 aromatic heterocycles. The minimum absolute atomic E-state index is 0.0227. The van der Waals surface area contributed by atoms with Crippen LogP contribution in [0, 0.1) is 0 Å². The van der Waals surface area contributed by atoms with E-state index in [1.165, 1.54) is 0 Å². The molecule has 0 aromatic carbocycles.